The van der Waals surface area contributed by atoms with E-state index < -0.39 is 0 Å². The van der Waals surface area contributed by atoms with Crippen molar-refractivity contribution in [1.29, 1.82) is 0 Å². The van der Waals surface area contributed by atoms with Crippen LogP contribution in [0.4, 0.5) is 0 Å². The van der Waals surface area contributed by atoms with E-state index in [1.54, 1.807) is 6.20 Å². The van der Waals surface area contributed by atoms with Gasteiger partial charge in [0, 0.05) is 22.7 Å². The minimum absolute atomic E-state index is 0.244. The fourth-order valence-electron chi connectivity index (χ4n) is 7.45. The van der Waals surface area contributed by atoms with Gasteiger partial charge >= 0.3 is 0 Å². The van der Waals surface area contributed by atoms with Crippen LogP contribution in [0.3, 0.4) is 0 Å². The van der Waals surface area contributed by atoms with E-state index in [4.69, 9.17) is 8.85 Å². The van der Waals surface area contributed by atoms with Crippen LogP contribution in [0.5, 0.6) is 0 Å². The van der Waals surface area contributed by atoms with Crippen molar-refractivity contribution in [2.45, 2.75) is 82.6 Å². The highest BCUT2D eigenvalue weighted by Gasteiger charge is 2.53. The standard InChI is InChI=1S/C28H35NO3Si2/c1-27(2,26(31-33-3)32-34-4)23-7-6-22(25-8-5-18(17-30)16-29-25)12-24(23)28-13-19-9-20(14-28)11-21(10-19)15-28/h5-8,12,16-17,19-21,26H,9-11,13-15H2,1-4H3. The highest BCUT2D eigenvalue weighted by atomic mass is 28.2. The Kier molecular flexibility index (Phi) is 6.70. The molecule has 0 N–H and O–H groups in total. The van der Waals surface area contributed by atoms with Gasteiger partial charge < -0.3 is 8.85 Å². The molecule has 1 aromatic carbocycles. The lowest BCUT2D eigenvalue weighted by molar-refractivity contribution is -0.0459. The maximum absolute atomic E-state index is 11.1. The molecule has 4 saturated carbocycles. The molecule has 1 aromatic heterocycles. The van der Waals surface area contributed by atoms with Crippen molar-refractivity contribution in [2.24, 2.45) is 17.8 Å². The summed E-state index contributed by atoms with van der Waals surface area (Å²) in [6.07, 6.45) is 10.5. The molecule has 1 heterocycles. The third-order valence-corrected chi connectivity index (χ3v) is 9.48. The summed E-state index contributed by atoms with van der Waals surface area (Å²) in [5.41, 5.74) is 5.51. The first-order valence-corrected chi connectivity index (χ1v) is 15.4. The lowest BCUT2D eigenvalue weighted by atomic mass is 9.47. The Bertz CT molecular complexity index is 995. The molecular weight excluding hydrogens is 454 g/mol. The van der Waals surface area contributed by atoms with E-state index in [2.05, 4.69) is 50.1 Å². The largest absolute Gasteiger partial charge is 0.393 e. The molecule has 4 bridgehead atoms. The molecule has 4 nitrogen and oxygen atoms in total. The summed E-state index contributed by atoms with van der Waals surface area (Å²) >= 11 is 0. The number of benzene rings is 1. The van der Waals surface area contributed by atoms with Crippen LogP contribution in [0.1, 0.15) is 73.9 Å². The third kappa shape index (κ3) is 4.27. The quantitative estimate of drug-likeness (QED) is 0.246. The highest BCUT2D eigenvalue weighted by molar-refractivity contribution is 6.26. The Balaban J connectivity index is 1.63. The molecule has 4 fully saturated rings. The molecule has 0 aliphatic heterocycles. The Labute approximate surface area is 209 Å². The monoisotopic (exact) mass is 489 g/mol. The molecule has 6 rings (SSSR count). The number of aldehydes is 1. The lowest BCUT2D eigenvalue weighted by Gasteiger charge is -2.58. The van der Waals surface area contributed by atoms with Crippen LogP contribution in [0.2, 0.25) is 13.1 Å². The minimum atomic E-state index is -0.266. The number of hydrogen-bond acceptors (Lipinski definition) is 4. The summed E-state index contributed by atoms with van der Waals surface area (Å²) in [4.78, 5) is 15.7. The van der Waals surface area contributed by atoms with Crippen molar-refractivity contribution >= 4 is 25.8 Å². The van der Waals surface area contributed by atoms with Crippen LogP contribution >= 0.6 is 0 Å². The first-order valence-electron chi connectivity index (χ1n) is 12.6. The first kappa shape index (κ1) is 24.1. The van der Waals surface area contributed by atoms with Crippen LogP contribution in [-0.4, -0.2) is 37.1 Å². The fraction of sp³-hybridized carbons (Fsp3) is 0.571. The maximum atomic E-state index is 11.1. The van der Waals surface area contributed by atoms with E-state index in [9.17, 15) is 4.79 Å². The highest BCUT2D eigenvalue weighted by Crippen LogP contribution is 2.62. The van der Waals surface area contributed by atoms with Gasteiger partial charge in [0.25, 0.3) is 0 Å². The number of aromatic nitrogens is 1. The lowest BCUT2D eigenvalue weighted by Crippen LogP contribution is -2.50. The smallest absolute Gasteiger partial charge is 0.229 e. The van der Waals surface area contributed by atoms with Crippen LogP contribution in [0.25, 0.3) is 11.3 Å². The Hall–Kier alpha value is -1.61. The normalized spacial score (nSPS) is 28.0. The van der Waals surface area contributed by atoms with Crippen LogP contribution in [0.15, 0.2) is 36.5 Å². The number of pyridine rings is 1. The molecule has 4 radical (unpaired) electrons. The molecule has 34 heavy (non-hydrogen) atoms. The van der Waals surface area contributed by atoms with Gasteiger partial charge in [-0.05, 0) is 104 Å². The zero-order valence-electron chi connectivity index (χ0n) is 20.8. The number of carbonyl (C=O) groups excluding carboxylic acids is 1. The molecule has 4 aliphatic rings. The van der Waals surface area contributed by atoms with Gasteiger partial charge in [-0.3, -0.25) is 9.78 Å². The van der Waals surface area contributed by atoms with Crippen molar-refractivity contribution in [3.63, 3.8) is 0 Å². The van der Waals surface area contributed by atoms with Crippen LogP contribution in [0, 0.1) is 17.8 Å². The zero-order valence-corrected chi connectivity index (χ0v) is 22.8. The fourth-order valence-corrected chi connectivity index (χ4v) is 8.66. The van der Waals surface area contributed by atoms with Crippen molar-refractivity contribution < 1.29 is 13.6 Å². The SMILES string of the molecule is C[Si]OC(O[Si]C)C(C)(C)c1ccc(-c2ccc(C=O)cn2)cc1C12CC3CC(CC(C3)C1)C2. The number of rotatable bonds is 9. The summed E-state index contributed by atoms with van der Waals surface area (Å²) in [6.45, 7) is 8.72. The molecule has 0 amide bonds. The summed E-state index contributed by atoms with van der Waals surface area (Å²) in [7, 11) is 0.773. The van der Waals surface area contributed by atoms with Crippen molar-refractivity contribution in [2.75, 3.05) is 0 Å². The van der Waals surface area contributed by atoms with E-state index in [0.29, 0.717) is 25.1 Å². The molecule has 2 aromatic rings. The molecular formula is C28H35NO3Si2. The predicted octanol–water partition coefficient (Wildman–Crippen LogP) is 6.00. The molecule has 0 atom stereocenters. The van der Waals surface area contributed by atoms with E-state index in [1.165, 1.54) is 49.7 Å². The van der Waals surface area contributed by atoms with Crippen molar-refractivity contribution in [3.05, 3.63) is 53.2 Å². The number of nitrogens with zero attached hydrogens (tertiary/aromatic N) is 1. The molecule has 0 saturated heterocycles. The minimum Gasteiger partial charge on any atom is -0.393 e. The number of hydrogen-bond donors (Lipinski definition) is 0. The van der Waals surface area contributed by atoms with Gasteiger partial charge in [-0.25, -0.2) is 0 Å². The maximum Gasteiger partial charge on any atom is 0.229 e. The molecule has 178 valence electrons. The molecule has 0 spiro atoms. The van der Waals surface area contributed by atoms with Gasteiger partial charge in [-0.2, -0.15) is 0 Å². The van der Waals surface area contributed by atoms with Gasteiger partial charge in [0.05, 0.1) is 5.69 Å². The summed E-state index contributed by atoms with van der Waals surface area (Å²) in [5, 5.41) is 0. The second-order valence-corrected chi connectivity index (χ2v) is 12.5. The van der Waals surface area contributed by atoms with Gasteiger partial charge in [-0.1, -0.05) is 26.0 Å². The topological polar surface area (TPSA) is 48.4 Å². The predicted molar refractivity (Wildman–Crippen MR) is 137 cm³/mol. The Morgan fingerprint density at radius 1 is 1.00 bits per heavy atom. The third-order valence-electron chi connectivity index (χ3n) is 8.58. The second kappa shape index (κ2) is 9.45. The van der Waals surface area contributed by atoms with E-state index in [0.717, 1.165) is 35.3 Å². The Morgan fingerprint density at radius 2 is 1.62 bits per heavy atom. The van der Waals surface area contributed by atoms with Gasteiger partial charge in [0.2, 0.25) is 19.5 Å². The van der Waals surface area contributed by atoms with Crippen LogP contribution < -0.4 is 0 Å². The zero-order chi connectivity index (χ0) is 23.9. The van der Waals surface area contributed by atoms with E-state index >= 15 is 0 Å². The molecule has 4 aliphatic carbocycles. The van der Waals surface area contributed by atoms with Crippen LogP contribution in [-0.2, 0) is 19.7 Å². The Morgan fingerprint density at radius 3 is 2.12 bits per heavy atom. The summed E-state index contributed by atoms with van der Waals surface area (Å²) < 4.78 is 12.4. The second-order valence-electron chi connectivity index (χ2n) is 11.3. The molecule has 6 heteroatoms. The summed E-state index contributed by atoms with van der Waals surface area (Å²) in [6, 6.07) is 10.8. The van der Waals surface area contributed by atoms with Crippen molar-refractivity contribution in [3.8, 4) is 11.3 Å². The average molecular weight is 490 g/mol. The average Bonchev–Trinajstić information content (AvgIpc) is 2.83. The van der Waals surface area contributed by atoms with Gasteiger partial charge in [0.15, 0.2) is 6.29 Å². The molecule has 0 unspecified atom stereocenters. The van der Waals surface area contributed by atoms with E-state index in [-0.39, 0.29) is 17.1 Å². The summed E-state index contributed by atoms with van der Waals surface area (Å²) in [5.74, 6) is 2.61. The van der Waals surface area contributed by atoms with Gasteiger partial charge in [0.1, 0.15) is 6.29 Å². The van der Waals surface area contributed by atoms with Crippen molar-refractivity contribution in [1.82, 2.24) is 4.98 Å². The first-order chi connectivity index (χ1) is 16.4. The number of carbonyl (C=O) groups is 1. The van der Waals surface area contributed by atoms with Gasteiger partial charge in [-0.15, -0.1) is 0 Å². The van der Waals surface area contributed by atoms with E-state index in [1.807, 2.05) is 12.1 Å².